The van der Waals surface area contributed by atoms with Crippen molar-refractivity contribution in [2.24, 2.45) is 7.05 Å². The molecule has 0 amide bonds. The van der Waals surface area contributed by atoms with E-state index in [0.717, 1.165) is 0 Å². The van der Waals surface area contributed by atoms with Crippen LogP contribution in [-0.2, 0) is 16.6 Å². The molecule has 0 aliphatic rings. The molecule has 0 bridgehead atoms. The van der Waals surface area contributed by atoms with E-state index >= 15 is 0 Å². The molecule has 6 nitrogen and oxygen atoms in total. The molecule has 1 aromatic carbocycles. The highest BCUT2D eigenvalue weighted by atomic mass is 19.1. The molecule has 1 aromatic heterocycles. The average Bonchev–Trinajstić information content (AvgIpc) is 2.79. The first kappa shape index (κ1) is 14.0. The lowest BCUT2D eigenvalue weighted by Crippen LogP contribution is -2.15. The third-order valence-electron chi connectivity index (χ3n) is 2.47. The molecule has 1 heterocycles. The van der Waals surface area contributed by atoms with Crippen LogP contribution in [0.15, 0.2) is 24.3 Å². The highest BCUT2D eigenvalue weighted by molar-refractivity contribution is 5.70. The zero-order valence-corrected chi connectivity index (χ0v) is 11.2. The van der Waals surface area contributed by atoms with Crippen LogP contribution in [0.1, 0.15) is 6.92 Å². The SMILES string of the molecule is CCOC(=O)COc1nc(-c2ccc(F)cc2)n(C)n1. The third kappa shape index (κ3) is 3.31. The number of nitrogens with zero attached hydrogens (tertiary/aromatic N) is 3. The van der Waals surface area contributed by atoms with Crippen molar-refractivity contribution in [2.75, 3.05) is 13.2 Å². The molecule has 0 aliphatic heterocycles. The van der Waals surface area contributed by atoms with E-state index in [-0.39, 0.29) is 18.4 Å². The number of ether oxygens (including phenoxy) is 2. The van der Waals surface area contributed by atoms with Crippen LogP contribution in [0.25, 0.3) is 11.4 Å². The molecular formula is C13H14FN3O3. The van der Waals surface area contributed by atoms with E-state index in [1.54, 1.807) is 26.1 Å². The van der Waals surface area contributed by atoms with Crippen molar-refractivity contribution >= 4 is 5.97 Å². The topological polar surface area (TPSA) is 66.2 Å². The Labute approximate surface area is 115 Å². The maximum absolute atomic E-state index is 12.9. The predicted molar refractivity (Wildman–Crippen MR) is 68.5 cm³/mol. The number of rotatable bonds is 5. The van der Waals surface area contributed by atoms with Gasteiger partial charge in [0, 0.05) is 12.6 Å². The number of benzene rings is 1. The molecular weight excluding hydrogens is 265 g/mol. The van der Waals surface area contributed by atoms with Crippen molar-refractivity contribution in [1.29, 1.82) is 0 Å². The average molecular weight is 279 g/mol. The van der Waals surface area contributed by atoms with Gasteiger partial charge in [-0.05, 0) is 31.2 Å². The van der Waals surface area contributed by atoms with E-state index in [1.165, 1.54) is 16.8 Å². The Hall–Kier alpha value is -2.44. The summed E-state index contributed by atoms with van der Waals surface area (Å²) >= 11 is 0. The van der Waals surface area contributed by atoms with Gasteiger partial charge in [-0.3, -0.25) is 0 Å². The number of carbonyl (C=O) groups excluding carboxylic acids is 1. The lowest BCUT2D eigenvalue weighted by molar-refractivity contribution is -0.145. The molecule has 0 fully saturated rings. The molecule has 20 heavy (non-hydrogen) atoms. The summed E-state index contributed by atoms with van der Waals surface area (Å²) < 4.78 is 24.2. The summed E-state index contributed by atoms with van der Waals surface area (Å²) in [5.41, 5.74) is 0.701. The number of esters is 1. The Balaban J connectivity index is 2.09. The molecule has 0 unspecified atom stereocenters. The van der Waals surface area contributed by atoms with E-state index in [4.69, 9.17) is 9.47 Å². The van der Waals surface area contributed by atoms with Crippen LogP contribution in [0.3, 0.4) is 0 Å². The number of aryl methyl sites for hydroxylation is 1. The van der Waals surface area contributed by atoms with Crippen molar-refractivity contribution in [1.82, 2.24) is 14.8 Å². The highest BCUT2D eigenvalue weighted by Gasteiger charge is 2.12. The van der Waals surface area contributed by atoms with Gasteiger partial charge in [0.05, 0.1) is 6.61 Å². The normalized spacial score (nSPS) is 10.3. The maximum atomic E-state index is 12.9. The summed E-state index contributed by atoms with van der Waals surface area (Å²) in [6, 6.07) is 5.93. The predicted octanol–water partition coefficient (Wildman–Crippen LogP) is 1.56. The number of hydrogen-bond donors (Lipinski definition) is 0. The smallest absolute Gasteiger partial charge is 0.344 e. The van der Waals surface area contributed by atoms with Gasteiger partial charge in [-0.2, -0.15) is 4.98 Å². The van der Waals surface area contributed by atoms with Crippen molar-refractivity contribution in [3.63, 3.8) is 0 Å². The monoisotopic (exact) mass is 279 g/mol. The fraction of sp³-hybridized carbons (Fsp3) is 0.308. The molecule has 2 aromatic rings. The second-order valence-electron chi connectivity index (χ2n) is 3.94. The lowest BCUT2D eigenvalue weighted by Gasteiger charge is -2.00. The minimum Gasteiger partial charge on any atom is -0.463 e. The number of aromatic nitrogens is 3. The molecule has 0 saturated carbocycles. The summed E-state index contributed by atoms with van der Waals surface area (Å²) in [5, 5.41) is 4.02. The second kappa shape index (κ2) is 6.14. The Morgan fingerprint density at radius 2 is 2.05 bits per heavy atom. The maximum Gasteiger partial charge on any atom is 0.344 e. The van der Waals surface area contributed by atoms with Gasteiger partial charge in [0.25, 0.3) is 0 Å². The molecule has 0 atom stereocenters. The molecule has 7 heteroatoms. The van der Waals surface area contributed by atoms with Gasteiger partial charge in [-0.25, -0.2) is 13.9 Å². The summed E-state index contributed by atoms with van der Waals surface area (Å²) in [6.07, 6.45) is 0. The summed E-state index contributed by atoms with van der Waals surface area (Å²) in [6.45, 7) is 1.75. The van der Waals surface area contributed by atoms with Crippen molar-refractivity contribution < 1.29 is 18.7 Å². The number of hydrogen-bond acceptors (Lipinski definition) is 5. The van der Waals surface area contributed by atoms with Gasteiger partial charge >= 0.3 is 12.0 Å². The zero-order chi connectivity index (χ0) is 14.5. The van der Waals surface area contributed by atoms with Gasteiger partial charge in [0.15, 0.2) is 12.4 Å². The van der Waals surface area contributed by atoms with Gasteiger partial charge in [-0.1, -0.05) is 0 Å². The standard InChI is InChI=1S/C13H14FN3O3/c1-3-19-11(18)8-20-13-15-12(17(2)16-13)9-4-6-10(14)7-5-9/h4-7H,3,8H2,1-2H3. The fourth-order valence-electron chi connectivity index (χ4n) is 1.60. The van der Waals surface area contributed by atoms with E-state index in [9.17, 15) is 9.18 Å². The van der Waals surface area contributed by atoms with E-state index in [1.807, 2.05) is 0 Å². The van der Waals surface area contributed by atoms with E-state index < -0.39 is 5.97 Å². The van der Waals surface area contributed by atoms with E-state index in [2.05, 4.69) is 10.1 Å². The molecule has 0 N–H and O–H groups in total. The van der Waals surface area contributed by atoms with Crippen LogP contribution < -0.4 is 4.74 Å². The molecule has 0 radical (unpaired) electrons. The van der Waals surface area contributed by atoms with Crippen molar-refractivity contribution in [3.8, 4) is 17.4 Å². The fourth-order valence-corrected chi connectivity index (χ4v) is 1.60. The number of carbonyl (C=O) groups is 1. The molecule has 0 aliphatic carbocycles. The van der Waals surface area contributed by atoms with Crippen molar-refractivity contribution in [2.45, 2.75) is 6.92 Å². The van der Waals surface area contributed by atoms with Crippen LogP contribution in [0.2, 0.25) is 0 Å². The van der Waals surface area contributed by atoms with Gasteiger partial charge in [0.1, 0.15) is 5.82 Å². The first-order valence-electron chi connectivity index (χ1n) is 6.05. The van der Waals surface area contributed by atoms with Crippen LogP contribution in [-0.4, -0.2) is 33.9 Å². The highest BCUT2D eigenvalue weighted by Crippen LogP contribution is 2.19. The Morgan fingerprint density at radius 1 is 1.35 bits per heavy atom. The quantitative estimate of drug-likeness (QED) is 0.777. The number of halogens is 1. The Morgan fingerprint density at radius 3 is 2.70 bits per heavy atom. The van der Waals surface area contributed by atoms with Crippen molar-refractivity contribution in [3.05, 3.63) is 30.1 Å². The van der Waals surface area contributed by atoms with Gasteiger partial charge in [-0.15, -0.1) is 5.10 Å². The minimum absolute atomic E-state index is 0.0693. The largest absolute Gasteiger partial charge is 0.463 e. The Bertz CT molecular complexity index is 595. The Kier molecular flexibility index (Phi) is 4.29. The third-order valence-corrected chi connectivity index (χ3v) is 2.47. The van der Waals surface area contributed by atoms with Crippen LogP contribution in [0, 0.1) is 5.82 Å². The van der Waals surface area contributed by atoms with Crippen LogP contribution >= 0.6 is 0 Å². The minimum atomic E-state index is -0.483. The molecule has 2 rings (SSSR count). The summed E-state index contributed by atoms with van der Waals surface area (Å²) in [4.78, 5) is 15.3. The van der Waals surface area contributed by atoms with E-state index in [0.29, 0.717) is 18.0 Å². The molecule has 0 spiro atoms. The molecule has 0 saturated heterocycles. The van der Waals surface area contributed by atoms with Crippen LogP contribution in [0.5, 0.6) is 6.01 Å². The first-order chi connectivity index (χ1) is 9.60. The van der Waals surface area contributed by atoms with Gasteiger partial charge < -0.3 is 9.47 Å². The first-order valence-corrected chi connectivity index (χ1v) is 6.05. The summed E-state index contributed by atoms with van der Waals surface area (Å²) in [5.74, 6) is -0.290. The van der Waals surface area contributed by atoms with Gasteiger partial charge in [0.2, 0.25) is 0 Å². The summed E-state index contributed by atoms with van der Waals surface area (Å²) in [7, 11) is 1.68. The lowest BCUT2D eigenvalue weighted by atomic mass is 10.2. The zero-order valence-electron chi connectivity index (χ0n) is 11.2. The second-order valence-corrected chi connectivity index (χ2v) is 3.94. The molecule has 106 valence electrons. The van der Waals surface area contributed by atoms with Crippen LogP contribution in [0.4, 0.5) is 4.39 Å².